The number of phenols is 1. The average Bonchev–Trinajstić information content (AvgIpc) is 3.25. The summed E-state index contributed by atoms with van der Waals surface area (Å²) in [7, 11) is 1.46. The second kappa shape index (κ2) is 8.66. The van der Waals surface area contributed by atoms with E-state index >= 15 is 0 Å². The molecule has 8 nitrogen and oxygen atoms in total. The number of hydrogen-bond donors (Lipinski definition) is 1. The van der Waals surface area contributed by atoms with Gasteiger partial charge in [0.2, 0.25) is 5.78 Å². The standard InChI is InChI=1S/C34H40O8/c1-17(2)10-11-20-25(36)23-26(37)21-14-32(39-9)15-22-31(7,8)42-33(29(32)38,13-12-18(3)16-35)34(21,22)41-28(23)24-27(20)40-19(4)30(24,5)6/h10,12,14,16,19,22,36H,11,13,15H2,1-9H3/b18-12+/t19-,22+,32+,33+,34-/m0/s1. The molecule has 3 heterocycles. The predicted octanol–water partition coefficient (Wildman–Crippen LogP) is 5.27. The molecule has 0 unspecified atom stereocenters. The average molecular weight is 577 g/mol. The minimum absolute atomic E-state index is 0.0184. The SMILES string of the molecule is CO[C@]12C=C3C(=O)c4c(O)c(CC=C(C)C)c5c(c4O[C@]34[C@H](C1)C(C)(C)O[C@]4(C/C=C(\C)C=O)C2=O)C(C)(C)[C@H](C)O5. The summed E-state index contributed by atoms with van der Waals surface area (Å²) in [6, 6.07) is 0. The van der Waals surface area contributed by atoms with Gasteiger partial charge in [0.15, 0.2) is 17.0 Å². The predicted molar refractivity (Wildman–Crippen MR) is 155 cm³/mol. The lowest BCUT2D eigenvalue weighted by Crippen LogP contribution is -2.77. The van der Waals surface area contributed by atoms with E-state index in [0.29, 0.717) is 28.9 Å². The van der Waals surface area contributed by atoms with Crippen LogP contribution in [0.2, 0.25) is 0 Å². The minimum Gasteiger partial charge on any atom is -0.507 e. The van der Waals surface area contributed by atoms with Crippen molar-refractivity contribution < 1.29 is 38.4 Å². The molecule has 3 aliphatic carbocycles. The monoisotopic (exact) mass is 576 g/mol. The highest BCUT2D eigenvalue weighted by molar-refractivity contribution is 6.20. The normalized spacial score (nSPS) is 34.6. The van der Waals surface area contributed by atoms with Crippen molar-refractivity contribution in [3.8, 4) is 17.2 Å². The molecule has 4 bridgehead atoms. The third kappa shape index (κ3) is 3.23. The van der Waals surface area contributed by atoms with Crippen molar-refractivity contribution in [1.82, 2.24) is 0 Å². The van der Waals surface area contributed by atoms with Crippen LogP contribution in [0.1, 0.15) is 89.7 Å². The van der Waals surface area contributed by atoms with Crippen LogP contribution in [-0.2, 0) is 30.9 Å². The van der Waals surface area contributed by atoms with E-state index < -0.39 is 39.5 Å². The first-order chi connectivity index (χ1) is 19.5. The van der Waals surface area contributed by atoms with Crippen LogP contribution in [0.3, 0.4) is 0 Å². The van der Waals surface area contributed by atoms with Crippen LogP contribution < -0.4 is 9.47 Å². The van der Waals surface area contributed by atoms with E-state index in [2.05, 4.69) is 0 Å². The van der Waals surface area contributed by atoms with Crippen molar-refractivity contribution in [2.45, 2.75) is 109 Å². The Labute approximate surface area is 246 Å². The quantitative estimate of drug-likeness (QED) is 0.277. The van der Waals surface area contributed by atoms with Gasteiger partial charge in [0.25, 0.3) is 0 Å². The van der Waals surface area contributed by atoms with Gasteiger partial charge < -0.3 is 24.1 Å². The lowest BCUT2D eigenvalue weighted by Gasteiger charge is -2.59. The zero-order valence-electron chi connectivity index (χ0n) is 25.9. The van der Waals surface area contributed by atoms with Gasteiger partial charge in [-0.05, 0) is 66.0 Å². The molecule has 5 atom stereocenters. The molecule has 7 rings (SSSR count). The van der Waals surface area contributed by atoms with Crippen molar-refractivity contribution in [3.63, 3.8) is 0 Å². The molecule has 0 amide bonds. The molecular weight excluding hydrogens is 536 g/mol. The van der Waals surface area contributed by atoms with E-state index in [0.717, 1.165) is 11.9 Å². The maximum absolute atomic E-state index is 14.8. The Balaban J connectivity index is 1.71. The first-order valence-electron chi connectivity index (χ1n) is 14.7. The smallest absolute Gasteiger partial charge is 0.205 e. The summed E-state index contributed by atoms with van der Waals surface area (Å²) < 4.78 is 26.3. The summed E-state index contributed by atoms with van der Waals surface area (Å²) in [5.74, 6) is -0.614. The van der Waals surface area contributed by atoms with E-state index in [1.807, 2.05) is 54.5 Å². The Morgan fingerprint density at radius 1 is 1.12 bits per heavy atom. The number of benzene rings is 1. The van der Waals surface area contributed by atoms with Gasteiger partial charge in [-0.1, -0.05) is 31.6 Å². The fourth-order valence-corrected chi connectivity index (χ4v) is 7.99. The number of allylic oxidation sites excluding steroid dienone is 3. The molecular formula is C34H40O8. The van der Waals surface area contributed by atoms with Crippen molar-refractivity contribution in [3.05, 3.63) is 51.6 Å². The summed E-state index contributed by atoms with van der Waals surface area (Å²) in [6.07, 6.45) is 6.38. The fourth-order valence-electron chi connectivity index (χ4n) is 7.99. The summed E-state index contributed by atoms with van der Waals surface area (Å²) >= 11 is 0. The molecule has 0 aromatic heterocycles. The molecule has 1 saturated carbocycles. The zero-order valence-corrected chi connectivity index (χ0v) is 25.9. The van der Waals surface area contributed by atoms with Crippen molar-refractivity contribution in [2.24, 2.45) is 5.92 Å². The molecule has 1 saturated heterocycles. The van der Waals surface area contributed by atoms with Gasteiger partial charge in [0.05, 0.1) is 5.60 Å². The van der Waals surface area contributed by atoms with Gasteiger partial charge in [0.1, 0.15) is 40.8 Å². The highest BCUT2D eigenvalue weighted by atomic mass is 16.6. The van der Waals surface area contributed by atoms with Crippen LogP contribution in [0.5, 0.6) is 17.2 Å². The van der Waals surface area contributed by atoms with Crippen molar-refractivity contribution in [1.29, 1.82) is 0 Å². The maximum Gasteiger partial charge on any atom is 0.205 e. The first kappa shape index (κ1) is 28.9. The largest absolute Gasteiger partial charge is 0.507 e. The number of methoxy groups -OCH3 is 1. The summed E-state index contributed by atoms with van der Waals surface area (Å²) in [5, 5.41) is 11.8. The Bertz CT molecular complexity index is 1550. The molecule has 1 aromatic carbocycles. The first-order valence-corrected chi connectivity index (χ1v) is 14.7. The lowest BCUT2D eigenvalue weighted by molar-refractivity contribution is -0.190. The number of fused-ring (bicyclic) bond motifs is 3. The van der Waals surface area contributed by atoms with E-state index in [9.17, 15) is 19.5 Å². The van der Waals surface area contributed by atoms with Gasteiger partial charge in [-0.25, -0.2) is 0 Å². The summed E-state index contributed by atoms with van der Waals surface area (Å²) in [6.45, 7) is 15.5. The van der Waals surface area contributed by atoms with Crippen LogP contribution in [0.4, 0.5) is 0 Å². The number of ether oxygens (including phenoxy) is 4. The Hall–Kier alpha value is -3.23. The number of carbonyl (C=O) groups excluding carboxylic acids is 3. The van der Waals surface area contributed by atoms with Crippen LogP contribution in [0.25, 0.3) is 0 Å². The Kier molecular flexibility index (Phi) is 5.96. The molecule has 1 aromatic rings. The number of hydrogen-bond acceptors (Lipinski definition) is 8. The minimum atomic E-state index is -1.64. The van der Waals surface area contributed by atoms with Crippen molar-refractivity contribution in [2.75, 3.05) is 7.11 Å². The number of Topliss-reactive ketones (excluding diaryl/α,β-unsaturated/α-hetero) is 2. The van der Waals surface area contributed by atoms with Crippen LogP contribution in [-0.4, -0.2) is 58.6 Å². The third-order valence-corrected chi connectivity index (χ3v) is 10.5. The van der Waals surface area contributed by atoms with E-state index in [1.165, 1.54) is 7.11 Å². The number of carbonyl (C=O) groups is 3. The zero-order chi connectivity index (χ0) is 30.8. The molecule has 42 heavy (non-hydrogen) atoms. The fraction of sp³-hybridized carbons (Fsp3) is 0.559. The summed E-state index contributed by atoms with van der Waals surface area (Å²) in [4.78, 5) is 41.0. The number of ketones is 2. The van der Waals surface area contributed by atoms with Crippen LogP contribution in [0.15, 0.2) is 34.9 Å². The van der Waals surface area contributed by atoms with Crippen LogP contribution >= 0.6 is 0 Å². The highest BCUT2D eigenvalue weighted by Gasteiger charge is 2.84. The highest BCUT2D eigenvalue weighted by Crippen LogP contribution is 2.70. The Morgan fingerprint density at radius 3 is 2.43 bits per heavy atom. The number of aromatic hydroxyl groups is 1. The molecule has 6 aliphatic rings. The summed E-state index contributed by atoms with van der Waals surface area (Å²) in [5.41, 5.74) is -2.95. The molecule has 3 aliphatic heterocycles. The van der Waals surface area contributed by atoms with Crippen molar-refractivity contribution >= 4 is 17.9 Å². The maximum atomic E-state index is 14.8. The molecule has 8 heteroatoms. The molecule has 1 spiro atoms. The van der Waals surface area contributed by atoms with E-state index in [-0.39, 0.29) is 47.4 Å². The molecule has 224 valence electrons. The van der Waals surface area contributed by atoms with Gasteiger partial charge in [0, 0.05) is 41.6 Å². The Morgan fingerprint density at radius 2 is 1.81 bits per heavy atom. The van der Waals surface area contributed by atoms with Gasteiger partial charge in [-0.3, -0.25) is 14.4 Å². The second-order valence-corrected chi connectivity index (χ2v) is 13.9. The van der Waals surface area contributed by atoms with Gasteiger partial charge in [-0.2, -0.15) is 0 Å². The van der Waals surface area contributed by atoms with Gasteiger partial charge >= 0.3 is 0 Å². The number of rotatable bonds is 6. The molecule has 0 radical (unpaired) electrons. The molecule has 1 N–H and O–H groups in total. The number of phenolic OH excluding ortho intramolecular Hbond substituents is 1. The lowest BCUT2D eigenvalue weighted by atomic mass is 9.49. The number of aldehydes is 1. The van der Waals surface area contributed by atoms with Gasteiger partial charge in [-0.15, -0.1) is 0 Å². The van der Waals surface area contributed by atoms with E-state index in [1.54, 1.807) is 19.1 Å². The topological polar surface area (TPSA) is 108 Å². The van der Waals surface area contributed by atoms with Crippen LogP contribution in [0, 0.1) is 5.92 Å². The molecule has 2 fully saturated rings. The second-order valence-electron chi connectivity index (χ2n) is 13.9. The van der Waals surface area contributed by atoms with E-state index in [4.69, 9.17) is 18.9 Å². The third-order valence-electron chi connectivity index (χ3n) is 10.5.